The molecule has 1 aliphatic heterocycles. The van der Waals surface area contributed by atoms with Gasteiger partial charge < -0.3 is 19.1 Å². The number of benzene rings is 3. The summed E-state index contributed by atoms with van der Waals surface area (Å²) in [6, 6.07) is 23.6. The van der Waals surface area contributed by atoms with Gasteiger partial charge in [0.05, 0.1) is 13.5 Å². The number of rotatable bonds is 5. The van der Waals surface area contributed by atoms with E-state index in [1.54, 1.807) is 19.1 Å². The summed E-state index contributed by atoms with van der Waals surface area (Å²) in [5.74, 6) is 1.54. The maximum atomic E-state index is 12.5. The van der Waals surface area contributed by atoms with Crippen LogP contribution in [0.15, 0.2) is 72.8 Å². The summed E-state index contributed by atoms with van der Waals surface area (Å²) in [7, 11) is 3.37. The van der Waals surface area contributed by atoms with Crippen molar-refractivity contribution in [1.82, 2.24) is 4.90 Å². The lowest BCUT2D eigenvalue weighted by Gasteiger charge is -2.20. The molecule has 1 atom stereocenters. The Hall–Kier alpha value is -3.47. The summed E-state index contributed by atoms with van der Waals surface area (Å²) in [5.41, 5.74) is 4.02. The van der Waals surface area contributed by atoms with Crippen LogP contribution in [-0.4, -0.2) is 31.4 Å². The normalized spacial score (nSPS) is 14.6. The fraction of sp³-hybridized carbons (Fsp3) is 0.208. The van der Waals surface area contributed by atoms with E-state index in [4.69, 9.17) is 14.2 Å². The Labute approximate surface area is 170 Å². The second-order valence-corrected chi connectivity index (χ2v) is 7.00. The minimum atomic E-state index is -0.637. The van der Waals surface area contributed by atoms with Crippen LogP contribution in [0, 0.1) is 0 Å². The number of hydrogen-bond acceptors (Lipinski definition) is 4. The molecule has 3 aromatic carbocycles. The van der Waals surface area contributed by atoms with E-state index in [0.29, 0.717) is 13.0 Å². The van der Waals surface area contributed by atoms with Crippen molar-refractivity contribution in [3.8, 4) is 22.6 Å². The first kappa shape index (κ1) is 18.9. The van der Waals surface area contributed by atoms with Gasteiger partial charge in [0.25, 0.3) is 0 Å². The van der Waals surface area contributed by atoms with Crippen molar-refractivity contribution in [2.24, 2.45) is 0 Å². The van der Waals surface area contributed by atoms with Crippen molar-refractivity contribution in [3.05, 3.63) is 83.9 Å². The molecule has 5 nitrogen and oxygen atoms in total. The highest BCUT2D eigenvalue weighted by Gasteiger charge is 2.29. The fourth-order valence-corrected chi connectivity index (χ4v) is 3.45. The van der Waals surface area contributed by atoms with Crippen LogP contribution in [-0.2, 0) is 17.7 Å². The Morgan fingerprint density at radius 2 is 1.86 bits per heavy atom. The van der Waals surface area contributed by atoms with Gasteiger partial charge >= 0.3 is 6.09 Å². The lowest BCUT2D eigenvalue weighted by molar-refractivity contribution is -0.0301. The van der Waals surface area contributed by atoms with Crippen molar-refractivity contribution in [2.75, 3.05) is 14.2 Å². The van der Waals surface area contributed by atoms with Crippen LogP contribution in [0.5, 0.6) is 11.5 Å². The number of methoxy groups -OCH3 is 1. The van der Waals surface area contributed by atoms with Crippen LogP contribution in [0.2, 0.25) is 0 Å². The topological polar surface area (TPSA) is 48.0 Å². The maximum absolute atomic E-state index is 12.5. The predicted octanol–water partition coefficient (Wildman–Crippen LogP) is 4.89. The molecule has 0 aliphatic carbocycles. The van der Waals surface area contributed by atoms with E-state index < -0.39 is 12.4 Å². The molecule has 0 saturated carbocycles. The third-order valence-corrected chi connectivity index (χ3v) is 4.92. The molecule has 1 unspecified atom stereocenters. The van der Waals surface area contributed by atoms with Gasteiger partial charge in [0.1, 0.15) is 11.5 Å². The molecule has 3 aromatic rings. The first-order chi connectivity index (χ1) is 14.1. The molecule has 4 rings (SSSR count). The molecule has 148 valence electrons. The van der Waals surface area contributed by atoms with Crippen LogP contribution >= 0.6 is 0 Å². The molecule has 0 saturated heterocycles. The van der Waals surface area contributed by atoms with Gasteiger partial charge in [-0.3, -0.25) is 0 Å². The standard InChI is InChI=1S/C24H23NO4/c1-25(16-17-8-4-3-5-9-17)24(26)29-22-15-19-11-7-13-21(23(19)28-22)18-10-6-12-20(14-18)27-2/h3-14,22H,15-16H2,1-2H3. The van der Waals surface area contributed by atoms with Crippen molar-refractivity contribution < 1.29 is 19.0 Å². The number of nitrogens with zero attached hydrogens (tertiary/aromatic N) is 1. The number of amides is 1. The molecule has 0 bridgehead atoms. The average Bonchev–Trinajstić information content (AvgIpc) is 3.16. The smallest absolute Gasteiger partial charge is 0.412 e. The summed E-state index contributed by atoms with van der Waals surface area (Å²) in [4.78, 5) is 14.0. The zero-order valence-corrected chi connectivity index (χ0v) is 16.5. The first-order valence-electron chi connectivity index (χ1n) is 9.52. The van der Waals surface area contributed by atoms with Crippen LogP contribution in [0.4, 0.5) is 4.79 Å². The minimum Gasteiger partial charge on any atom is -0.497 e. The molecule has 1 amide bonds. The number of fused-ring (bicyclic) bond motifs is 1. The molecule has 5 heteroatoms. The molecule has 29 heavy (non-hydrogen) atoms. The monoisotopic (exact) mass is 389 g/mol. The molecule has 0 spiro atoms. The van der Waals surface area contributed by atoms with Gasteiger partial charge in [0.2, 0.25) is 6.29 Å². The van der Waals surface area contributed by atoms with Gasteiger partial charge in [0, 0.05) is 24.7 Å². The quantitative estimate of drug-likeness (QED) is 0.623. The van der Waals surface area contributed by atoms with Crippen molar-refractivity contribution in [1.29, 1.82) is 0 Å². The Morgan fingerprint density at radius 3 is 2.66 bits per heavy atom. The molecule has 0 radical (unpaired) electrons. The average molecular weight is 389 g/mol. The highest BCUT2D eigenvalue weighted by Crippen LogP contribution is 2.39. The second-order valence-electron chi connectivity index (χ2n) is 7.00. The predicted molar refractivity (Wildman–Crippen MR) is 111 cm³/mol. The van der Waals surface area contributed by atoms with E-state index >= 15 is 0 Å². The van der Waals surface area contributed by atoms with E-state index in [1.807, 2.05) is 72.8 Å². The van der Waals surface area contributed by atoms with E-state index in [0.717, 1.165) is 33.8 Å². The number of ether oxygens (including phenoxy) is 3. The van der Waals surface area contributed by atoms with E-state index in [-0.39, 0.29) is 0 Å². The molecule has 0 fully saturated rings. The minimum absolute atomic E-state index is 0.408. The number of carbonyl (C=O) groups is 1. The van der Waals surface area contributed by atoms with Crippen LogP contribution in [0.25, 0.3) is 11.1 Å². The maximum Gasteiger partial charge on any atom is 0.412 e. The lowest BCUT2D eigenvalue weighted by Crippen LogP contribution is -2.32. The lowest BCUT2D eigenvalue weighted by atomic mass is 10.0. The molecule has 1 aliphatic rings. The van der Waals surface area contributed by atoms with Gasteiger partial charge in [0.15, 0.2) is 0 Å². The summed E-state index contributed by atoms with van der Waals surface area (Å²) in [6.07, 6.45) is -0.519. The van der Waals surface area contributed by atoms with Crippen molar-refractivity contribution >= 4 is 6.09 Å². The fourth-order valence-electron chi connectivity index (χ4n) is 3.45. The number of para-hydroxylation sites is 1. The van der Waals surface area contributed by atoms with Crippen LogP contribution < -0.4 is 9.47 Å². The van der Waals surface area contributed by atoms with Gasteiger partial charge in [-0.2, -0.15) is 0 Å². The number of hydrogen-bond donors (Lipinski definition) is 0. The molecule has 0 aromatic heterocycles. The third-order valence-electron chi connectivity index (χ3n) is 4.92. The third kappa shape index (κ3) is 4.19. The van der Waals surface area contributed by atoms with E-state index in [2.05, 4.69) is 0 Å². The Kier molecular flexibility index (Phi) is 5.38. The summed E-state index contributed by atoms with van der Waals surface area (Å²) in [6.45, 7) is 0.481. The molecular formula is C24H23NO4. The van der Waals surface area contributed by atoms with Crippen LogP contribution in [0.3, 0.4) is 0 Å². The SMILES string of the molecule is COc1cccc(-c2cccc3c2OC(OC(=O)N(C)Cc2ccccc2)C3)c1. The first-order valence-corrected chi connectivity index (χ1v) is 9.52. The zero-order valence-electron chi connectivity index (χ0n) is 16.5. The summed E-state index contributed by atoms with van der Waals surface area (Å²) < 4.78 is 17.0. The highest BCUT2D eigenvalue weighted by molar-refractivity contribution is 5.74. The summed E-state index contributed by atoms with van der Waals surface area (Å²) in [5, 5.41) is 0. The van der Waals surface area contributed by atoms with Gasteiger partial charge in [-0.05, 0) is 23.3 Å². The Bertz CT molecular complexity index is 1000. The van der Waals surface area contributed by atoms with Crippen LogP contribution in [0.1, 0.15) is 11.1 Å². The van der Waals surface area contributed by atoms with Gasteiger partial charge in [-0.25, -0.2) is 4.79 Å². The Morgan fingerprint density at radius 1 is 1.07 bits per heavy atom. The summed E-state index contributed by atoms with van der Waals surface area (Å²) >= 11 is 0. The second kappa shape index (κ2) is 8.27. The van der Waals surface area contributed by atoms with E-state index in [9.17, 15) is 4.79 Å². The van der Waals surface area contributed by atoms with Crippen molar-refractivity contribution in [3.63, 3.8) is 0 Å². The highest BCUT2D eigenvalue weighted by atomic mass is 16.7. The molecular weight excluding hydrogens is 366 g/mol. The molecule has 1 heterocycles. The van der Waals surface area contributed by atoms with E-state index in [1.165, 1.54) is 0 Å². The Balaban J connectivity index is 1.46. The zero-order chi connectivity index (χ0) is 20.2. The van der Waals surface area contributed by atoms with Gasteiger partial charge in [-0.15, -0.1) is 0 Å². The largest absolute Gasteiger partial charge is 0.497 e. The number of carbonyl (C=O) groups excluding carboxylic acids is 1. The van der Waals surface area contributed by atoms with Gasteiger partial charge in [-0.1, -0.05) is 60.7 Å². The van der Waals surface area contributed by atoms with Crippen molar-refractivity contribution in [2.45, 2.75) is 19.3 Å². The molecule has 0 N–H and O–H groups in total.